The van der Waals surface area contributed by atoms with Crippen LogP contribution < -0.4 is 4.90 Å². The summed E-state index contributed by atoms with van der Waals surface area (Å²) in [5.74, 6) is 0.442. The predicted molar refractivity (Wildman–Crippen MR) is 93.3 cm³/mol. The third-order valence-corrected chi connectivity index (χ3v) is 4.64. The van der Waals surface area contributed by atoms with E-state index >= 15 is 0 Å². The molecule has 27 heavy (non-hydrogen) atoms. The molecule has 0 unspecified atom stereocenters. The fourth-order valence-electron chi connectivity index (χ4n) is 3.26. The third-order valence-electron chi connectivity index (χ3n) is 4.64. The van der Waals surface area contributed by atoms with Crippen LogP contribution in [0.25, 0.3) is 11.0 Å². The molecule has 1 saturated heterocycles. The van der Waals surface area contributed by atoms with Crippen molar-refractivity contribution in [1.82, 2.24) is 20.0 Å². The number of para-hydroxylation sites is 1. The maximum Gasteiger partial charge on any atom is 0.433 e. The van der Waals surface area contributed by atoms with Crippen molar-refractivity contribution in [2.24, 2.45) is 0 Å². The van der Waals surface area contributed by atoms with Gasteiger partial charge in [-0.1, -0.05) is 17.3 Å². The molecule has 0 saturated carbocycles. The van der Waals surface area contributed by atoms with Crippen molar-refractivity contribution < 1.29 is 17.7 Å². The maximum atomic E-state index is 13.0. The summed E-state index contributed by atoms with van der Waals surface area (Å²) >= 11 is 0. The summed E-state index contributed by atoms with van der Waals surface area (Å²) in [6.45, 7) is 4.69. The van der Waals surface area contributed by atoms with Crippen LogP contribution in [0.5, 0.6) is 0 Å². The Kier molecular flexibility index (Phi) is 4.47. The van der Waals surface area contributed by atoms with Gasteiger partial charge in [-0.05, 0) is 19.1 Å². The second kappa shape index (κ2) is 6.80. The lowest BCUT2D eigenvalue weighted by Crippen LogP contribution is -2.46. The minimum atomic E-state index is -4.47. The molecule has 0 spiro atoms. The molecule has 0 bridgehead atoms. The fourth-order valence-corrected chi connectivity index (χ4v) is 3.26. The highest BCUT2D eigenvalue weighted by Crippen LogP contribution is 2.30. The van der Waals surface area contributed by atoms with Crippen LogP contribution >= 0.6 is 0 Å². The zero-order valence-electron chi connectivity index (χ0n) is 14.7. The summed E-state index contributed by atoms with van der Waals surface area (Å²) in [6, 6.07) is 8.71. The van der Waals surface area contributed by atoms with Gasteiger partial charge in [0.1, 0.15) is 23.0 Å². The van der Waals surface area contributed by atoms with Crippen molar-refractivity contribution in [2.45, 2.75) is 19.6 Å². The molecule has 1 fully saturated rings. The first-order valence-corrected chi connectivity index (χ1v) is 8.63. The number of aryl methyl sites for hydroxylation is 1. The van der Waals surface area contributed by atoms with Gasteiger partial charge >= 0.3 is 6.18 Å². The summed E-state index contributed by atoms with van der Waals surface area (Å²) in [6.07, 6.45) is -4.47. The Hall–Kier alpha value is -2.68. The number of hydrogen-bond donors (Lipinski definition) is 0. The Balaban J connectivity index is 1.44. The number of nitrogens with zero attached hydrogens (tertiary/aromatic N) is 5. The van der Waals surface area contributed by atoms with Crippen molar-refractivity contribution in [3.05, 3.63) is 47.5 Å². The average molecular weight is 377 g/mol. The Labute approximate surface area is 153 Å². The number of piperazine rings is 1. The van der Waals surface area contributed by atoms with Crippen LogP contribution in [0, 0.1) is 6.92 Å². The van der Waals surface area contributed by atoms with Crippen LogP contribution in [0.4, 0.5) is 19.0 Å². The topological polar surface area (TPSA) is 58.3 Å². The fraction of sp³-hybridized carbons (Fsp3) is 0.389. The normalized spacial score (nSPS) is 16.2. The third kappa shape index (κ3) is 3.73. The van der Waals surface area contributed by atoms with Gasteiger partial charge in [-0.3, -0.25) is 4.90 Å². The highest BCUT2D eigenvalue weighted by molar-refractivity contribution is 5.79. The van der Waals surface area contributed by atoms with Crippen molar-refractivity contribution in [2.75, 3.05) is 31.1 Å². The quantitative estimate of drug-likeness (QED) is 0.698. The zero-order valence-corrected chi connectivity index (χ0v) is 14.7. The number of hydrogen-bond acceptors (Lipinski definition) is 6. The van der Waals surface area contributed by atoms with E-state index in [9.17, 15) is 13.2 Å². The molecule has 0 radical (unpaired) electrons. The standard InChI is InChI=1S/C18H18F3N5O/c1-12-22-16(18(19,20)21)10-17(23-12)26-8-6-25(7-9-26)11-14-13-4-2-3-5-15(13)27-24-14/h2-5,10H,6-9,11H2,1H3. The summed E-state index contributed by atoms with van der Waals surface area (Å²) in [5.41, 5.74) is 0.722. The van der Waals surface area contributed by atoms with Gasteiger partial charge in [0.05, 0.1) is 0 Å². The second-order valence-corrected chi connectivity index (χ2v) is 6.54. The van der Waals surface area contributed by atoms with Crippen LogP contribution in [0.15, 0.2) is 34.9 Å². The second-order valence-electron chi connectivity index (χ2n) is 6.54. The van der Waals surface area contributed by atoms with E-state index in [4.69, 9.17) is 4.52 Å². The van der Waals surface area contributed by atoms with Gasteiger partial charge in [0.2, 0.25) is 0 Å². The molecule has 1 aromatic carbocycles. The number of benzene rings is 1. The molecule has 1 aliphatic rings. The van der Waals surface area contributed by atoms with E-state index in [1.807, 2.05) is 29.2 Å². The van der Waals surface area contributed by atoms with E-state index in [0.29, 0.717) is 38.5 Å². The number of anilines is 1. The molecule has 0 atom stereocenters. The minimum absolute atomic E-state index is 0.122. The molecule has 0 aliphatic carbocycles. The summed E-state index contributed by atoms with van der Waals surface area (Å²) in [5, 5.41) is 5.13. The van der Waals surface area contributed by atoms with Gasteiger partial charge in [-0.25, -0.2) is 9.97 Å². The molecule has 6 nitrogen and oxygen atoms in total. The number of alkyl halides is 3. The van der Waals surface area contributed by atoms with E-state index in [1.54, 1.807) is 0 Å². The van der Waals surface area contributed by atoms with Crippen molar-refractivity contribution in [3.63, 3.8) is 0 Å². The van der Waals surface area contributed by atoms with Crippen LogP contribution in [-0.2, 0) is 12.7 Å². The molecule has 9 heteroatoms. The highest BCUT2D eigenvalue weighted by atomic mass is 19.4. The van der Waals surface area contributed by atoms with Crippen LogP contribution in [0.1, 0.15) is 17.2 Å². The van der Waals surface area contributed by atoms with E-state index in [2.05, 4.69) is 20.0 Å². The maximum absolute atomic E-state index is 13.0. The lowest BCUT2D eigenvalue weighted by atomic mass is 10.2. The van der Waals surface area contributed by atoms with E-state index < -0.39 is 11.9 Å². The number of rotatable bonds is 3. The number of aromatic nitrogens is 3. The largest absolute Gasteiger partial charge is 0.433 e. The monoisotopic (exact) mass is 377 g/mol. The average Bonchev–Trinajstić information content (AvgIpc) is 3.04. The first-order valence-electron chi connectivity index (χ1n) is 8.63. The van der Waals surface area contributed by atoms with E-state index in [-0.39, 0.29) is 5.82 Å². The van der Waals surface area contributed by atoms with Crippen molar-refractivity contribution >= 4 is 16.8 Å². The first-order chi connectivity index (χ1) is 12.9. The summed E-state index contributed by atoms with van der Waals surface area (Å²) < 4.78 is 44.3. The van der Waals surface area contributed by atoms with Gasteiger partial charge in [0.15, 0.2) is 5.58 Å². The van der Waals surface area contributed by atoms with Gasteiger partial charge in [0, 0.05) is 44.2 Å². The minimum Gasteiger partial charge on any atom is -0.356 e. The highest BCUT2D eigenvalue weighted by Gasteiger charge is 2.34. The smallest absolute Gasteiger partial charge is 0.356 e. The van der Waals surface area contributed by atoms with E-state index in [0.717, 1.165) is 22.7 Å². The zero-order chi connectivity index (χ0) is 19.0. The summed E-state index contributed by atoms with van der Waals surface area (Å²) in [7, 11) is 0. The van der Waals surface area contributed by atoms with Crippen LogP contribution in [-0.4, -0.2) is 46.2 Å². The van der Waals surface area contributed by atoms with Crippen molar-refractivity contribution in [3.8, 4) is 0 Å². The Morgan fingerprint density at radius 3 is 2.56 bits per heavy atom. The molecule has 4 rings (SSSR count). The van der Waals surface area contributed by atoms with E-state index in [1.165, 1.54) is 6.92 Å². The Morgan fingerprint density at radius 1 is 1.07 bits per heavy atom. The molecular formula is C18H18F3N5O. The van der Waals surface area contributed by atoms with Crippen LogP contribution in [0.3, 0.4) is 0 Å². The van der Waals surface area contributed by atoms with Crippen LogP contribution in [0.2, 0.25) is 0 Å². The number of fused-ring (bicyclic) bond motifs is 1. The molecule has 2 aromatic heterocycles. The molecule has 3 aromatic rings. The predicted octanol–water partition coefficient (Wildman–Crippen LogP) is 3.27. The molecule has 0 N–H and O–H groups in total. The van der Waals surface area contributed by atoms with Gasteiger partial charge in [0.25, 0.3) is 0 Å². The lowest BCUT2D eigenvalue weighted by molar-refractivity contribution is -0.141. The summed E-state index contributed by atoms with van der Waals surface area (Å²) in [4.78, 5) is 11.8. The SMILES string of the molecule is Cc1nc(N2CCN(Cc3noc4ccccc34)CC2)cc(C(F)(F)F)n1. The Morgan fingerprint density at radius 2 is 1.81 bits per heavy atom. The first kappa shape index (κ1) is 17.7. The van der Waals surface area contributed by atoms with Gasteiger partial charge in [-0.2, -0.15) is 13.2 Å². The molecule has 3 heterocycles. The molecule has 1 aliphatic heterocycles. The molecule has 142 valence electrons. The molecular weight excluding hydrogens is 359 g/mol. The number of halogens is 3. The lowest BCUT2D eigenvalue weighted by Gasteiger charge is -2.35. The Bertz CT molecular complexity index is 948. The molecule has 0 amide bonds. The van der Waals surface area contributed by atoms with Gasteiger partial charge < -0.3 is 9.42 Å². The van der Waals surface area contributed by atoms with Crippen molar-refractivity contribution in [1.29, 1.82) is 0 Å². The van der Waals surface area contributed by atoms with Gasteiger partial charge in [-0.15, -0.1) is 0 Å².